The number of hydrogen-bond donors (Lipinski definition) is 2. The van der Waals surface area contributed by atoms with Crippen molar-refractivity contribution < 1.29 is 0 Å². The van der Waals surface area contributed by atoms with E-state index in [-0.39, 0.29) is 5.96 Å². The van der Waals surface area contributed by atoms with Gasteiger partial charge in [-0.25, -0.2) is 0 Å². The van der Waals surface area contributed by atoms with Crippen LogP contribution in [0.15, 0.2) is 4.99 Å². The van der Waals surface area contributed by atoms with E-state index in [1.54, 1.807) is 0 Å². The summed E-state index contributed by atoms with van der Waals surface area (Å²) < 4.78 is 0. The number of nitrogens with zero attached hydrogens (tertiary/aromatic N) is 1. The summed E-state index contributed by atoms with van der Waals surface area (Å²) in [6, 6.07) is 0.360. The molecular formula is C9H19N3. The standard InChI is InChI=1S/C9H19N3/c1-6-4-3-5-8(7(6)2)12-9(10)11/h6-8H,3-5H2,1-2H3,(H4,10,11,12). The zero-order chi connectivity index (χ0) is 9.14. The van der Waals surface area contributed by atoms with E-state index in [9.17, 15) is 0 Å². The Morgan fingerprint density at radius 2 is 1.92 bits per heavy atom. The fraction of sp³-hybridized carbons (Fsp3) is 0.889. The molecule has 3 nitrogen and oxygen atoms in total. The SMILES string of the molecule is CC1CCCC(N=C(N)N)C1C. The molecule has 1 fully saturated rings. The maximum Gasteiger partial charge on any atom is 0.186 e. The molecule has 0 heterocycles. The highest BCUT2D eigenvalue weighted by molar-refractivity contribution is 5.75. The van der Waals surface area contributed by atoms with E-state index in [2.05, 4.69) is 18.8 Å². The molecule has 0 aromatic heterocycles. The Bertz CT molecular complexity index is 173. The normalized spacial score (nSPS) is 36.0. The number of nitrogens with two attached hydrogens (primary N) is 2. The van der Waals surface area contributed by atoms with Gasteiger partial charge in [-0.3, -0.25) is 4.99 Å². The predicted molar refractivity (Wildman–Crippen MR) is 51.8 cm³/mol. The molecule has 0 aliphatic heterocycles. The van der Waals surface area contributed by atoms with Crippen LogP contribution in [0.25, 0.3) is 0 Å². The highest BCUT2D eigenvalue weighted by atomic mass is 15.0. The van der Waals surface area contributed by atoms with Gasteiger partial charge < -0.3 is 11.5 Å². The molecule has 0 saturated heterocycles. The van der Waals surface area contributed by atoms with Gasteiger partial charge in [0, 0.05) is 0 Å². The molecule has 0 bridgehead atoms. The molecule has 1 aliphatic rings. The Balaban J connectivity index is 2.58. The van der Waals surface area contributed by atoms with Crippen LogP contribution in [0.1, 0.15) is 33.1 Å². The van der Waals surface area contributed by atoms with E-state index in [1.807, 2.05) is 0 Å². The van der Waals surface area contributed by atoms with Gasteiger partial charge in [-0.1, -0.05) is 26.7 Å². The average molecular weight is 169 g/mol. The molecule has 12 heavy (non-hydrogen) atoms. The molecule has 70 valence electrons. The lowest BCUT2D eigenvalue weighted by Gasteiger charge is -2.31. The fourth-order valence-electron chi connectivity index (χ4n) is 1.93. The van der Waals surface area contributed by atoms with Gasteiger partial charge in [-0.2, -0.15) is 0 Å². The molecule has 0 aromatic rings. The van der Waals surface area contributed by atoms with E-state index in [4.69, 9.17) is 11.5 Å². The minimum atomic E-state index is 0.237. The van der Waals surface area contributed by atoms with Crippen LogP contribution >= 0.6 is 0 Å². The van der Waals surface area contributed by atoms with Crippen molar-refractivity contribution in [2.75, 3.05) is 0 Å². The van der Waals surface area contributed by atoms with Crippen LogP contribution < -0.4 is 11.5 Å². The van der Waals surface area contributed by atoms with Crippen LogP contribution in [0.5, 0.6) is 0 Å². The molecular weight excluding hydrogens is 150 g/mol. The second-order valence-electron chi connectivity index (χ2n) is 3.89. The van der Waals surface area contributed by atoms with Crippen LogP contribution in [-0.2, 0) is 0 Å². The Morgan fingerprint density at radius 1 is 1.25 bits per heavy atom. The minimum absolute atomic E-state index is 0.237. The van der Waals surface area contributed by atoms with Crippen LogP contribution in [-0.4, -0.2) is 12.0 Å². The molecule has 0 amide bonds. The number of aliphatic imine (C=N–C) groups is 1. The Morgan fingerprint density at radius 3 is 2.50 bits per heavy atom. The van der Waals surface area contributed by atoms with Crippen LogP contribution in [0.3, 0.4) is 0 Å². The van der Waals surface area contributed by atoms with Crippen molar-refractivity contribution in [1.82, 2.24) is 0 Å². The Labute approximate surface area is 74.2 Å². The van der Waals surface area contributed by atoms with E-state index in [1.165, 1.54) is 12.8 Å². The van der Waals surface area contributed by atoms with E-state index < -0.39 is 0 Å². The minimum Gasteiger partial charge on any atom is -0.370 e. The Kier molecular flexibility index (Phi) is 2.95. The van der Waals surface area contributed by atoms with Gasteiger partial charge in [0.1, 0.15) is 0 Å². The van der Waals surface area contributed by atoms with Crippen LogP contribution in [0.4, 0.5) is 0 Å². The van der Waals surface area contributed by atoms with Crippen molar-refractivity contribution in [3.8, 4) is 0 Å². The first-order chi connectivity index (χ1) is 5.61. The maximum atomic E-state index is 5.36. The van der Waals surface area contributed by atoms with Gasteiger partial charge in [0.25, 0.3) is 0 Å². The van der Waals surface area contributed by atoms with Gasteiger partial charge >= 0.3 is 0 Å². The van der Waals surface area contributed by atoms with E-state index >= 15 is 0 Å². The van der Waals surface area contributed by atoms with Gasteiger partial charge in [0.05, 0.1) is 6.04 Å². The monoisotopic (exact) mass is 169 g/mol. The highest BCUT2D eigenvalue weighted by Gasteiger charge is 2.26. The molecule has 1 aliphatic carbocycles. The lowest BCUT2D eigenvalue weighted by Crippen LogP contribution is -2.32. The average Bonchev–Trinajstić information content (AvgIpc) is 1.98. The van der Waals surface area contributed by atoms with Crippen molar-refractivity contribution in [3.63, 3.8) is 0 Å². The second kappa shape index (κ2) is 3.78. The first-order valence-corrected chi connectivity index (χ1v) is 4.70. The molecule has 3 heteroatoms. The number of rotatable bonds is 1. The van der Waals surface area contributed by atoms with E-state index in [0.717, 1.165) is 12.3 Å². The number of guanidine groups is 1. The van der Waals surface area contributed by atoms with Crippen molar-refractivity contribution in [2.45, 2.75) is 39.2 Å². The lowest BCUT2D eigenvalue weighted by molar-refractivity contribution is 0.241. The summed E-state index contributed by atoms with van der Waals surface area (Å²) in [5, 5.41) is 0. The summed E-state index contributed by atoms with van der Waals surface area (Å²) in [6.45, 7) is 4.51. The van der Waals surface area contributed by atoms with Gasteiger partial charge in [0.2, 0.25) is 0 Å². The zero-order valence-electron chi connectivity index (χ0n) is 7.96. The molecule has 1 saturated carbocycles. The topological polar surface area (TPSA) is 64.4 Å². The summed E-state index contributed by atoms with van der Waals surface area (Å²) in [6.07, 6.45) is 3.72. The van der Waals surface area contributed by atoms with Crippen LogP contribution in [0.2, 0.25) is 0 Å². The van der Waals surface area contributed by atoms with Crippen molar-refractivity contribution in [1.29, 1.82) is 0 Å². The van der Waals surface area contributed by atoms with Crippen LogP contribution in [0, 0.1) is 11.8 Å². The second-order valence-corrected chi connectivity index (χ2v) is 3.89. The largest absolute Gasteiger partial charge is 0.370 e. The third-order valence-corrected chi connectivity index (χ3v) is 2.98. The molecule has 1 rings (SSSR count). The molecule has 0 aromatic carbocycles. The number of hydrogen-bond acceptors (Lipinski definition) is 1. The predicted octanol–water partition coefficient (Wildman–Crippen LogP) is 1.08. The van der Waals surface area contributed by atoms with E-state index in [0.29, 0.717) is 12.0 Å². The summed E-state index contributed by atoms with van der Waals surface area (Å²) in [7, 11) is 0. The maximum absolute atomic E-state index is 5.36. The molecule has 3 atom stereocenters. The van der Waals surface area contributed by atoms with Crippen molar-refractivity contribution >= 4 is 5.96 Å². The molecule has 0 radical (unpaired) electrons. The summed E-state index contributed by atoms with van der Waals surface area (Å²) in [5.74, 6) is 1.62. The summed E-state index contributed by atoms with van der Waals surface area (Å²) in [4.78, 5) is 4.24. The third kappa shape index (κ3) is 2.13. The van der Waals surface area contributed by atoms with Gasteiger partial charge in [-0.05, 0) is 18.3 Å². The third-order valence-electron chi connectivity index (χ3n) is 2.98. The quantitative estimate of drug-likeness (QED) is 0.456. The molecule has 0 spiro atoms. The van der Waals surface area contributed by atoms with Crippen molar-refractivity contribution in [2.24, 2.45) is 28.3 Å². The summed E-state index contributed by atoms with van der Waals surface area (Å²) in [5.41, 5.74) is 10.7. The first kappa shape index (κ1) is 9.36. The molecule has 4 N–H and O–H groups in total. The molecule has 3 unspecified atom stereocenters. The Hall–Kier alpha value is -0.730. The lowest BCUT2D eigenvalue weighted by atomic mass is 9.78. The first-order valence-electron chi connectivity index (χ1n) is 4.70. The van der Waals surface area contributed by atoms with Gasteiger partial charge in [-0.15, -0.1) is 0 Å². The smallest absolute Gasteiger partial charge is 0.186 e. The zero-order valence-corrected chi connectivity index (χ0v) is 7.96. The van der Waals surface area contributed by atoms with Gasteiger partial charge in [0.15, 0.2) is 5.96 Å². The van der Waals surface area contributed by atoms with Crippen molar-refractivity contribution in [3.05, 3.63) is 0 Å². The summed E-state index contributed by atoms with van der Waals surface area (Å²) >= 11 is 0. The fourth-order valence-corrected chi connectivity index (χ4v) is 1.93. The highest BCUT2D eigenvalue weighted by Crippen LogP contribution is 2.31.